The number of aliphatic hydroxyl groups excluding tert-OH is 1. The van der Waals surface area contributed by atoms with Crippen LogP contribution in [0.5, 0.6) is 0 Å². The first kappa shape index (κ1) is 13.1. The molecule has 0 aliphatic carbocycles. The fourth-order valence-electron chi connectivity index (χ4n) is 1.15. The lowest BCUT2D eigenvalue weighted by molar-refractivity contribution is -0.384. The molecular weight excluding hydrogens is 228 g/mol. The SMILES string of the molecule is NNc1ncc([N+](=O)[O-])c(NCCCCO)n1. The summed E-state index contributed by atoms with van der Waals surface area (Å²) in [5, 5.41) is 22.1. The molecule has 9 nitrogen and oxygen atoms in total. The van der Waals surface area contributed by atoms with E-state index in [1.54, 1.807) is 0 Å². The zero-order valence-corrected chi connectivity index (χ0v) is 9.09. The standard InChI is InChI=1S/C8H14N6O3/c9-13-8-11-5-6(14(16)17)7(12-8)10-3-1-2-4-15/h5,15H,1-4,9H2,(H2,10,11,12,13). The number of anilines is 2. The van der Waals surface area contributed by atoms with E-state index in [0.717, 1.165) is 6.20 Å². The third-order valence-electron chi connectivity index (χ3n) is 1.97. The van der Waals surface area contributed by atoms with Gasteiger partial charge in [0, 0.05) is 13.2 Å². The van der Waals surface area contributed by atoms with Crippen LogP contribution in [0.1, 0.15) is 12.8 Å². The van der Waals surface area contributed by atoms with E-state index >= 15 is 0 Å². The molecule has 0 atom stereocenters. The Balaban J connectivity index is 2.75. The fraction of sp³-hybridized carbons (Fsp3) is 0.500. The second-order valence-electron chi connectivity index (χ2n) is 3.19. The summed E-state index contributed by atoms with van der Waals surface area (Å²) in [4.78, 5) is 17.6. The fourth-order valence-corrected chi connectivity index (χ4v) is 1.15. The maximum atomic E-state index is 10.7. The average Bonchev–Trinajstić information content (AvgIpc) is 2.34. The van der Waals surface area contributed by atoms with Crippen molar-refractivity contribution >= 4 is 17.5 Å². The molecule has 9 heteroatoms. The minimum Gasteiger partial charge on any atom is -0.396 e. The second kappa shape index (κ2) is 6.55. The Labute approximate surface area is 97.2 Å². The number of hydrazine groups is 1. The van der Waals surface area contributed by atoms with Crippen LogP contribution >= 0.6 is 0 Å². The molecule has 0 saturated heterocycles. The number of nitrogen functional groups attached to an aromatic ring is 1. The summed E-state index contributed by atoms with van der Waals surface area (Å²) in [6.45, 7) is 0.561. The normalized spacial score (nSPS) is 10.0. The number of unbranched alkanes of at least 4 members (excludes halogenated alkanes) is 1. The quantitative estimate of drug-likeness (QED) is 0.224. The Morgan fingerprint density at radius 3 is 2.88 bits per heavy atom. The van der Waals surface area contributed by atoms with Crippen molar-refractivity contribution in [2.24, 2.45) is 5.84 Å². The van der Waals surface area contributed by atoms with Gasteiger partial charge in [0.05, 0.1) is 4.92 Å². The molecule has 0 fully saturated rings. The van der Waals surface area contributed by atoms with E-state index in [9.17, 15) is 10.1 Å². The van der Waals surface area contributed by atoms with Crippen molar-refractivity contribution in [1.29, 1.82) is 0 Å². The lowest BCUT2D eigenvalue weighted by Crippen LogP contribution is -2.13. The van der Waals surface area contributed by atoms with Gasteiger partial charge in [0.15, 0.2) is 0 Å². The minimum atomic E-state index is -0.575. The van der Waals surface area contributed by atoms with Gasteiger partial charge >= 0.3 is 5.69 Å². The summed E-state index contributed by atoms with van der Waals surface area (Å²) in [6, 6.07) is 0. The van der Waals surface area contributed by atoms with Gasteiger partial charge in [-0.3, -0.25) is 15.5 Å². The van der Waals surface area contributed by atoms with Crippen molar-refractivity contribution in [3.63, 3.8) is 0 Å². The maximum Gasteiger partial charge on any atom is 0.329 e. The van der Waals surface area contributed by atoms with Crippen molar-refractivity contribution in [2.75, 3.05) is 23.9 Å². The number of aromatic nitrogens is 2. The lowest BCUT2D eigenvalue weighted by atomic mass is 10.3. The average molecular weight is 242 g/mol. The molecule has 1 aromatic heterocycles. The predicted molar refractivity (Wildman–Crippen MR) is 61.3 cm³/mol. The van der Waals surface area contributed by atoms with E-state index in [-0.39, 0.29) is 24.1 Å². The zero-order chi connectivity index (χ0) is 12.7. The molecule has 1 rings (SSSR count). The van der Waals surface area contributed by atoms with Crippen molar-refractivity contribution < 1.29 is 10.0 Å². The van der Waals surface area contributed by atoms with Crippen LogP contribution in [0.25, 0.3) is 0 Å². The van der Waals surface area contributed by atoms with Gasteiger partial charge in [0.2, 0.25) is 11.8 Å². The summed E-state index contributed by atoms with van der Waals surface area (Å²) < 4.78 is 0. The summed E-state index contributed by atoms with van der Waals surface area (Å²) in [5.41, 5.74) is 2.00. The predicted octanol–water partition coefficient (Wildman–Crippen LogP) is -0.145. The van der Waals surface area contributed by atoms with Crippen LogP contribution < -0.4 is 16.6 Å². The molecule has 0 aliphatic heterocycles. The van der Waals surface area contributed by atoms with Crippen LogP contribution in [0, 0.1) is 10.1 Å². The van der Waals surface area contributed by atoms with Crippen LogP contribution in [0.4, 0.5) is 17.5 Å². The summed E-state index contributed by atoms with van der Waals surface area (Å²) in [5.74, 6) is 5.32. The summed E-state index contributed by atoms with van der Waals surface area (Å²) >= 11 is 0. The number of hydrogen-bond donors (Lipinski definition) is 4. The first-order valence-electron chi connectivity index (χ1n) is 5.01. The Morgan fingerprint density at radius 2 is 2.29 bits per heavy atom. The largest absolute Gasteiger partial charge is 0.396 e. The first-order chi connectivity index (χ1) is 8.19. The number of nitrogens with zero attached hydrogens (tertiary/aromatic N) is 3. The van der Waals surface area contributed by atoms with Gasteiger partial charge in [0.25, 0.3) is 0 Å². The summed E-state index contributed by atoms with van der Waals surface area (Å²) in [7, 11) is 0. The van der Waals surface area contributed by atoms with Crippen LogP contribution in [0.3, 0.4) is 0 Å². The highest BCUT2D eigenvalue weighted by molar-refractivity contribution is 5.56. The van der Waals surface area contributed by atoms with Gasteiger partial charge in [-0.1, -0.05) is 0 Å². The number of aliphatic hydroxyl groups is 1. The lowest BCUT2D eigenvalue weighted by Gasteiger charge is -2.06. The molecule has 0 saturated carbocycles. The smallest absolute Gasteiger partial charge is 0.329 e. The van der Waals surface area contributed by atoms with Gasteiger partial charge in [-0.25, -0.2) is 10.8 Å². The Hall–Kier alpha value is -2.00. The molecule has 0 aromatic carbocycles. The minimum absolute atomic E-state index is 0.0865. The molecule has 0 unspecified atom stereocenters. The van der Waals surface area contributed by atoms with E-state index < -0.39 is 4.92 Å². The summed E-state index contributed by atoms with van der Waals surface area (Å²) in [6.07, 6.45) is 2.38. The number of rotatable bonds is 7. The topological polar surface area (TPSA) is 139 Å². The molecule has 94 valence electrons. The highest BCUT2D eigenvalue weighted by Gasteiger charge is 2.16. The van der Waals surface area contributed by atoms with Crippen molar-refractivity contribution in [2.45, 2.75) is 12.8 Å². The van der Waals surface area contributed by atoms with Crippen LogP contribution in [-0.2, 0) is 0 Å². The zero-order valence-electron chi connectivity index (χ0n) is 9.09. The second-order valence-corrected chi connectivity index (χ2v) is 3.19. The van der Waals surface area contributed by atoms with E-state index in [0.29, 0.717) is 19.4 Å². The van der Waals surface area contributed by atoms with Crippen LogP contribution in [-0.4, -0.2) is 33.1 Å². The third kappa shape index (κ3) is 3.81. The maximum absolute atomic E-state index is 10.7. The number of nitrogens with two attached hydrogens (primary N) is 1. The Bertz CT molecular complexity index is 386. The highest BCUT2D eigenvalue weighted by atomic mass is 16.6. The van der Waals surface area contributed by atoms with E-state index in [1.807, 2.05) is 0 Å². The molecule has 0 aliphatic rings. The van der Waals surface area contributed by atoms with Crippen molar-refractivity contribution in [3.8, 4) is 0 Å². The number of nitrogens with one attached hydrogen (secondary N) is 2. The highest BCUT2D eigenvalue weighted by Crippen LogP contribution is 2.21. The van der Waals surface area contributed by atoms with Gasteiger partial charge in [-0.15, -0.1) is 0 Å². The van der Waals surface area contributed by atoms with Gasteiger partial charge in [0.1, 0.15) is 6.20 Å². The number of hydrogen-bond acceptors (Lipinski definition) is 8. The molecule has 0 radical (unpaired) electrons. The monoisotopic (exact) mass is 242 g/mol. The van der Waals surface area contributed by atoms with Gasteiger partial charge in [-0.2, -0.15) is 4.98 Å². The molecular formula is C8H14N6O3. The van der Waals surface area contributed by atoms with Crippen molar-refractivity contribution in [3.05, 3.63) is 16.3 Å². The molecule has 0 spiro atoms. The van der Waals surface area contributed by atoms with Gasteiger partial charge in [-0.05, 0) is 12.8 Å². The van der Waals surface area contributed by atoms with Crippen LogP contribution in [0.15, 0.2) is 6.20 Å². The van der Waals surface area contributed by atoms with E-state index in [4.69, 9.17) is 10.9 Å². The van der Waals surface area contributed by atoms with E-state index in [2.05, 4.69) is 20.7 Å². The Morgan fingerprint density at radius 1 is 1.53 bits per heavy atom. The molecule has 0 amide bonds. The van der Waals surface area contributed by atoms with Gasteiger partial charge < -0.3 is 10.4 Å². The molecule has 5 N–H and O–H groups in total. The number of nitro groups is 1. The third-order valence-corrected chi connectivity index (χ3v) is 1.97. The molecule has 17 heavy (non-hydrogen) atoms. The van der Waals surface area contributed by atoms with E-state index in [1.165, 1.54) is 0 Å². The molecule has 1 heterocycles. The Kier molecular flexibility index (Phi) is 5.04. The van der Waals surface area contributed by atoms with Crippen LogP contribution in [0.2, 0.25) is 0 Å². The first-order valence-corrected chi connectivity index (χ1v) is 5.01. The molecule has 1 aromatic rings. The van der Waals surface area contributed by atoms with Crippen molar-refractivity contribution in [1.82, 2.24) is 9.97 Å². The molecule has 0 bridgehead atoms.